The van der Waals surface area contributed by atoms with Gasteiger partial charge in [0, 0.05) is 0 Å². The first-order chi connectivity index (χ1) is 30.3. The lowest BCUT2D eigenvalue weighted by atomic mass is 9.99. The fraction of sp³-hybridized carbons (Fsp3) is 0.865. The number of carbonyl (C=O) groups excluding carboxylic acids is 1. The first-order valence-electron chi connectivity index (χ1n) is 25.8. The summed E-state index contributed by atoms with van der Waals surface area (Å²) in [6.45, 7) is 3.52. The predicted octanol–water partition coefficient (Wildman–Crippen LogP) is 10.6. The Morgan fingerprint density at radius 3 is 1.52 bits per heavy atom. The van der Waals surface area contributed by atoms with Crippen molar-refractivity contribution in [2.24, 2.45) is 0 Å². The topological polar surface area (TPSA) is 169 Å². The van der Waals surface area contributed by atoms with Crippen LogP contribution in [0, 0.1) is 0 Å². The van der Waals surface area contributed by atoms with Gasteiger partial charge in [-0.05, 0) is 44.9 Å². The third-order valence-electron chi connectivity index (χ3n) is 12.3. The van der Waals surface area contributed by atoms with E-state index in [4.69, 9.17) is 9.47 Å². The van der Waals surface area contributed by atoms with Crippen molar-refractivity contribution < 1.29 is 44.9 Å². The van der Waals surface area contributed by atoms with Crippen LogP contribution in [-0.2, 0) is 14.3 Å². The average molecular weight is 880 g/mol. The van der Waals surface area contributed by atoms with E-state index < -0.39 is 61.5 Å². The molecule has 1 heterocycles. The van der Waals surface area contributed by atoms with E-state index in [9.17, 15) is 35.4 Å². The van der Waals surface area contributed by atoms with Gasteiger partial charge in [-0.2, -0.15) is 0 Å². The molecule has 10 heteroatoms. The summed E-state index contributed by atoms with van der Waals surface area (Å²) >= 11 is 0. The van der Waals surface area contributed by atoms with Crippen LogP contribution in [0.2, 0.25) is 0 Å². The summed E-state index contributed by atoms with van der Waals surface area (Å²) in [4.78, 5) is 13.1. The first kappa shape index (κ1) is 58.4. The molecule has 0 aliphatic carbocycles. The van der Waals surface area contributed by atoms with Crippen molar-refractivity contribution in [3.05, 3.63) is 36.5 Å². The number of carbonyl (C=O) groups is 1. The monoisotopic (exact) mass is 880 g/mol. The SMILES string of the molecule is CC/C=C\C/C=C\CCCCCCCCCCCCCCCC(O)C(=O)NC(COC1OC(CO)C(O)C(O)C1O)C(O)/C=C/CCCCCCCCCCCCCCCCC. The molecule has 1 aliphatic rings. The van der Waals surface area contributed by atoms with Crippen molar-refractivity contribution in [1.82, 2.24) is 5.32 Å². The van der Waals surface area contributed by atoms with Gasteiger partial charge in [-0.25, -0.2) is 0 Å². The number of unbranched alkanes of at least 4 members (excludes halogenated alkanes) is 28. The molecule has 0 saturated carbocycles. The lowest BCUT2D eigenvalue weighted by Crippen LogP contribution is -2.60. The van der Waals surface area contributed by atoms with Gasteiger partial charge in [0.15, 0.2) is 6.29 Å². The molecule has 7 N–H and O–H groups in total. The molecule has 1 rings (SSSR count). The number of rotatable bonds is 43. The van der Waals surface area contributed by atoms with Gasteiger partial charge in [-0.3, -0.25) is 4.79 Å². The zero-order valence-corrected chi connectivity index (χ0v) is 39.7. The molecule has 1 aliphatic heterocycles. The van der Waals surface area contributed by atoms with Gasteiger partial charge in [0.25, 0.3) is 0 Å². The van der Waals surface area contributed by atoms with E-state index >= 15 is 0 Å². The number of allylic oxidation sites excluding steroid dienone is 5. The maximum absolute atomic E-state index is 13.1. The van der Waals surface area contributed by atoms with E-state index in [1.807, 2.05) is 6.08 Å². The minimum absolute atomic E-state index is 0.305. The first-order valence-corrected chi connectivity index (χ1v) is 25.8. The number of aliphatic hydroxyl groups is 6. The Morgan fingerprint density at radius 2 is 1.03 bits per heavy atom. The van der Waals surface area contributed by atoms with Crippen molar-refractivity contribution in [1.29, 1.82) is 0 Å². The maximum Gasteiger partial charge on any atom is 0.249 e. The molecule has 0 radical (unpaired) electrons. The Hall–Kier alpha value is -1.63. The van der Waals surface area contributed by atoms with Crippen molar-refractivity contribution in [3.8, 4) is 0 Å². The predicted molar refractivity (Wildman–Crippen MR) is 255 cm³/mol. The molecule has 0 aromatic carbocycles. The summed E-state index contributed by atoms with van der Waals surface area (Å²) in [7, 11) is 0. The van der Waals surface area contributed by atoms with Crippen LogP contribution in [0.25, 0.3) is 0 Å². The number of aliphatic hydroxyl groups excluding tert-OH is 6. The molecule has 8 atom stereocenters. The van der Waals surface area contributed by atoms with E-state index in [1.165, 1.54) is 148 Å². The highest BCUT2D eigenvalue weighted by Gasteiger charge is 2.44. The molecule has 0 aromatic heterocycles. The minimum atomic E-state index is -1.61. The molecule has 8 unspecified atom stereocenters. The molecule has 1 fully saturated rings. The molecular weight excluding hydrogens is 783 g/mol. The van der Waals surface area contributed by atoms with Crippen molar-refractivity contribution in [2.75, 3.05) is 13.2 Å². The Labute approximate surface area is 379 Å². The fourth-order valence-corrected chi connectivity index (χ4v) is 8.14. The van der Waals surface area contributed by atoms with Gasteiger partial charge in [0.2, 0.25) is 5.91 Å². The van der Waals surface area contributed by atoms with Crippen LogP contribution >= 0.6 is 0 Å². The van der Waals surface area contributed by atoms with Crippen LogP contribution in [0.1, 0.15) is 226 Å². The van der Waals surface area contributed by atoms with Gasteiger partial charge in [0.05, 0.1) is 25.4 Å². The summed E-state index contributed by atoms with van der Waals surface area (Å²) in [6.07, 6.45) is 42.3. The quantitative estimate of drug-likeness (QED) is 0.0233. The van der Waals surface area contributed by atoms with Gasteiger partial charge in [-0.15, -0.1) is 0 Å². The minimum Gasteiger partial charge on any atom is -0.394 e. The highest BCUT2D eigenvalue weighted by atomic mass is 16.7. The number of nitrogens with one attached hydrogen (secondary N) is 1. The summed E-state index contributed by atoms with van der Waals surface area (Å²) in [5, 5.41) is 64.9. The Morgan fingerprint density at radius 1 is 0.581 bits per heavy atom. The highest BCUT2D eigenvalue weighted by Crippen LogP contribution is 2.23. The molecule has 0 aromatic rings. The maximum atomic E-state index is 13.1. The third kappa shape index (κ3) is 31.3. The molecule has 62 heavy (non-hydrogen) atoms. The Bertz CT molecular complexity index is 1080. The van der Waals surface area contributed by atoms with E-state index in [2.05, 4.69) is 43.5 Å². The van der Waals surface area contributed by atoms with Gasteiger partial charge in [0.1, 0.15) is 30.5 Å². The largest absolute Gasteiger partial charge is 0.394 e. The molecular formula is C52H97NO9. The van der Waals surface area contributed by atoms with Crippen LogP contribution in [-0.4, -0.2) is 98.7 Å². The second-order valence-corrected chi connectivity index (χ2v) is 18.1. The van der Waals surface area contributed by atoms with E-state index in [0.29, 0.717) is 12.8 Å². The van der Waals surface area contributed by atoms with E-state index in [1.54, 1.807) is 6.08 Å². The highest BCUT2D eigenvalue weighted by molar-refractivity contribution is 5.80. The van der Waals surface area contributed by atoms with Gasteiger partial charge >= 0.3 is 0 Å². The van der Waals surface area contributed by atoms with Crippen LogP contribution in [0.4, 0.5) is 0 Å². The van der Waals surface area contributed by atoms with E-state index in [-0.39, 0.29) is 6.61 Å². The lowest BCUT2D eigenvalue weighted by Gasteiger charge is -2.40. The van der Waals surface area contributed by atoms with Crippen LogP contribution in [0.15, 0.2) is 36.5 Å². The van der Waals surface area contributed by atoms with Gasteiger partial charge < -0.3 is 45.4 Å². The fourth-order valence-electron chi connectivity index (χ4n) is 8.14. The van der Waals surface area contributed by atoms with Gasteiger partial charge in [-0.1, -0.05) is 217 Å². The Balaban J connectivity index is 2.34. The zero-order valence-electron chi connectivity index (χ0n) is 39.7. The summed E-state index contributed by atoms with van der Waals surface area (Å²) < 4.78 is 11.2. The molecule has 10 nitrogen and oxygen atoms in total. The third-order valence-corrected chi connectivity index (χ3v) is 12.3. The molecule has 0 bridgehead atoms. The Kier molecular flexibility index (Phi) is 39.6. The van der Waals surface area contributed by atoms with Crippen molar-refractivity contribution >= 4 is 5.91 Å². The standard InChI is InChI=1S/C52H97NO9/c1-3-5-7-9-11-13-15-17-19-21-22-23-25-27-29-31-33-35-37-39-41-46(56)51(60)53-44(43-61-52-50(59)49(58)48(57)47(42-54)62-52)45(55)40-38-36-34-32-30-28-26-24-20-18-16-14-12-10-8-6-4-2/h5,7,11,13,38,40,44-50,52,54-59H,3-4,6,8-10,12,14-37,39,41-43H2,1-2H3,(H,53,60)/b7-5-,13-11-,40-38+. The molecule has 1 amide bonds. The second-order valence-electron chi connectivity index (χ2n) is 18.1. The second kappa shape index (κ2) is 42.0. The lowest BCUT2D eigenvalue weighted by molar-refractivity contribution is -0.302. The number of hydrogen-bond acceptors (Lipinski definition) is 9. The summed E-state index contributed by atoms with van der Waals surface area (Å²) in [6, 6.07) is -0.979. The zero-order chi connectivity index (χ0) is 45.3. The van der Waals surface area contributed by atoms with Crippen LogP contribution < -0.4 is 5.32 Å². The van der Waals surface area contributed by atoms with Crippen LogP contribution in [0.3, 0.4) is 0 Å². The van der Waals surface area contributed by atoms with Crippen molar-refractivity contribution in [2.45, 2.75) is 275 Å². The van der Waals surface area contributed by atoms with Crippen LogP contribution in [0.5, 0.6) is 0 Å². The number of amides is 1. The normalized spacial score (nSPS) is 21.1. The number of ether oxygens (including phenoxy) is 2. The molecule has 1 saturated heterocycles. The summed E-state index contributed by atoms with van der Waals surface area (Å²) in [5.41, 5.74) is 0. The molecule has 0 spiro atoms. The number of hydrogen-bond donors (Lipinski definition) is 7. The smallest absolute Gasteiger partial charge is 0.249 e. The molecule has 364 valence electrons. The average Bonchev–Trinajstić information content (AvgIpc) is 3.27. The van der Waals surface area contributed by atoms with Crippen molar-refractivity contribution in [3.63, 3.8) is 0 Å². The summed E-state index contributed by atoms with van der Waals surface area (Å²) in [5.74, 6) is -0.616. The van der Waals surface area contributed by atoms with E-state index in [0.717, 1.165) is 51.4 Å².